The third kappa shape index (κ3) is 4.49. The summed E-state index contributed by atoms with van der Waals surface area (Å²) < 4.78 is 15.6. The van der Waals surface area contributed by atoms with E-state index in [0.717, 1.165) is 17.1 Å². The van der Waals surface area contributed by atoms with E-state index in [2.05, 4.69) is 0 Å². The molecule has 0 saturated carbocycles. The predicted octanol–water partition coefficient (Wildman–Crippen LogP) is -2.88. The SMILES string of the molecule is O=C([O-])CCOCCc1ccc2c(c1)OCO2.[Na+]. The second kappa shape index (κ2) is 7.63. The standard InChI is InChI=1S/C12H14O5.Na/c13-12(14)4-6-15-5-3-9-1-2-10-11(7-9)17-8-16-10;/h1-2,7H,3-6,8H2,(H,13,14);/q;+1/p-1. The van der Waals surface area contributed by atoms with E-state index in [1.807, 2.05) is 18.2 Å². The zero-order chi connectivity index (χ0) is 12.1. The van der Waals surface area contributed by atoms with Crippen LogP contribution in [0.1, 0.15) is 12.0 Å². The van der Waals surface area contributed by atoms with Gasteiger partial charge in [0.05, 0.1) is 13.2 Å². The van der Waals surface area contributed by atoms with Crippen molar-refractivity contribution < 1.29 is 53.7 Å². The van der Waals surface area contributed by atoms with Crippen LogP contribution in [-0.4, -0.2) is 26.0 Å². The molecule has 0 aliphatic carbocycles. The van der Waals surface area contributed by atoms with Gasteiger partial charge in [0, 0.05) is 12.4 Å². The summed E-state index contributed by atoms with van der Waals surface area (Å²) in [6.45, 7) is 0.931. The van der Waals surface area contributed by atoms with Crippen LogP contribution in [0.15, 0.2) is 18.2 Å². The van der Waals surface area contributed by atoms with Gasteiger partial charge in [-0.15, -0.1) is 0 Å². The molecule has 1 aliphatic rings. The molecule has 0 radical (unpaired) electrons. The summed E-state index contributed by atoms with van der Waals surface area (Å²) in [6.07, 6.45) is 0.644. The molecule has 5 nitrogen and oxygen atoms in total. The fourth-order valence-electron chi connectivity index (χ4n) is 1.54. The van der Waals surface area contributed by atoms with Crippen molar-refractivity contribution in [2.75, 3.05) is 20.0 Å². The van der Waals surface area contributed by atoms with Crippen LogP contribution in [0, 0.1) is 0 Å². The van der Waals surface area contributed by atoms with Gasteiger partial charge in [-0.05, 0) is 24.1 Å². The molecule has 2 rings (SSSR count). The molecule has 92 valence electrons. The molecular formula is C12H13NaO5. The summed E-state index contributed by atoms with van der Waals surface area (Å²) in [4.78, 5) is 10.1. The van der Waals surface area contributed by atoms with E-state index >= 15 is 0 Å². The molecule has 18 heavy (non-hydrogen) atoms. The van der Waals surface area contributed by atoms with E-state index in [9.17, 15) is 9.90 Å². The molecule has 0 N–H and O–H groups in total. The van der Waals surface area contributed by atoms with Crippen molar-refractivity contribution in [3.63, 3.8) is 0 Å². The Morgan fingerprint density at radius 1 is 1.28 bits per heavy atom. The normalized spacial score (nSPS) is 12.0. The van der Waals surface area contributed by atoms with Gasteiger partial charge in [0.15, 0.2) is 11.5 Å². The second-order valence-corrected chi connectivity index (χ2v) is 3.67. The van der Waals surface area contributed by atoms with Crippen molar-refractivity contribution in [1.29, 1.82) is 0 Å². The van der Waals surface area contributed by atoms with E-state index in [1.165, 1.54) is 0 Å². The first-order chi connectivity index (χ1) is 8.25. The number of aliphatic carboxylic acids is 1. The third-order valence-electron chi connectivity index (χ3n) is 2.42. The quantitative estimate of drug-likeness (QED) is 0.406. The summed E-state index contributed by atoms with van der Waals surface area (Å²) >= 11 is 0. The first-order valence-corrected chi connectivity index (χ1v) is 5.42. The van der Waals surface area contributed by atoms with Crippen LogP contribution in [0.5, 0.6) is 11.5 Å². The Balaban J connectivity index is 0.00000162. The van der Waals surface area contributed by atoms with Crippen LogP contribution in [-0.2, 0) is 16.0 Å². The maximum atomic E-state index is 10.1. The third-order valence-corrected chi connectivity index (χ3v) is 2.42. The molecule has 0 bridgehead atoms. The topological polar surface area (TPSA) is 67.8 Å². The van der Waals surface area contributed by atoms with Gasteiger partial charge < -0.3 is 24.1 Å². The monoisotopic (exact) mass is 260 g/mol. The van der Waals surface area contributed by atoms with Crippen molar-refractivity contribution in [2.24, 2.45) is 0 Å². The first-order valence-electron chi connectivity index (χ1n) is 5.42. The summed E-state index contributed by atoms with van der Waals surface area (Å²) in [5.74, 6) is 0.414. The zero-order valence-electron chi connectivity index (χ0n) is 10.3. The summed E-state index contributed by atoms with van der Waals surface area (Å²) in [5, 5.41) is 10.1. The number of rotatable bonds is 6. The average molecular weight is 260 g/mol. The van der Waals surface area contributed by atoms with Gasteiger partial charge in [0.25, 0.3) is 0 Å². The molecule has 1 aromatic carbocycles. The maximum Gasteiger partial charge on any atom is 1.00 e. The molecule has 0 atom stereocenters. The summed E-state index contributed by atoms with van der Waals surface area (Å²) in [5.41, 5.74) is 1.07. The van der Waals surface area contributed by atoms with Gasteiger partial charge in [-0.25, -0.2) is 0 Å². The zero-order valence-corrected chi connectivity index (χ0v) is 12.3. The minimum absolute atomic E-state index is 0. The number of carbonyl (C=O) groups is 1. The molecule has 0 unspecified atom stereocenters. The molecule has 0 spiro atoms. The Morgan fingerprint density at radius 2 is 2.06 bits per heavy atom. The Hall–Kier alpha value is -0.750. The van der Waals surface area contributed by atoms with Gasteiger partial charge in [-0.2, -0.15) is 0 Å². The smallest absolute Gasteiger partial charge is 0.550 e. The number of benzene rings is 1. The largest absolute Gasteiger partial charge is 1.00 e. The van der Waals surface area contributed by atoms with Crippen LogP contribution in [0.2, 0.25) is 0 Å². The van der Waals surface area contributed by atoms with E-state index in [4.69, 9.17) is 14.2 Å². The number of carbonyl (C=O) groups excluding carboxylic acids is 1. The molecule has 1 aliphatic heterocycles. The molecular weight excluding hydrogens is 247 g/mol. The average Bonchev–Trinajstić information content (AvgIpc) is 2.75. The number of hydrogen-bond acceptors (Lipinski definition) is 5. The summed E-state index contributed by atoms with van der Waals surface area (Å²) in [7, 11) is 0. The van der Waals surface area contributed by atoms with Gasteiger partial charge in [0.2, 0.25) is 6.79 Å². The number of carboxylic acids is 1. The number of ether oxygens (including phenoxy) is 3. The fraction of sp³-hybridized carbons (Fsp3) is 0.417. The van der Waals surface area contributed by atoms with Crippen LogP contribution >= 0.6 is 0 Å². The van der Waals surface area contributed by atoms with Gasteiger partial charge in [0.1, 0.15) is 0 Å². The Bertz CT molecular complexity index is 407. The Morgan fingerprint density at radius 3 is 2.83 bits per heavy atom. The van der Waals surface area contributed by atoms with E-state index < -0.39 is 5.97 Å². The van der Waals surface area contributed by atoms with Crippen LogP contribution in [0.3, 0.4) is 0 Å². The number of hydrogen-bond donors (Lipinski definition) is 0. The van der Waals surface area contributed by atoms with Crippen molar-refractivity contribution >= 4 is 5.97 Å². The van der Waals surface area contributed by atoms with Crippen LogP contribution < -0.4 is 44.1 Å². The van der Waals surface area contributed by atoms with Crippen molar-refractivity contribution in [3.8, 4) is 11.5 Å². The van der Waals surface area contributed by atoms with E-state index in [0.29, 0.717) is 13.0 Å². The fourth-order valence-corrected chi connectivity index (χ4v) is 1.54. The van der Waals surface area contributed by atoms with Crippen molar-refractivity contribution in [2.45, 2.75) is 12.8 Å². The molecule has 0 saturated heterocycles. The molecule has 0 fully saturated rings. The van der Waals surface area contributed by atoms with Crippen molar-refractivity contribution in [1.82, 2.24) is 0 Å². The van der Waals surface area contributed by atoms with Crippen LogP contribution in [0.25, 0.3) is 0 Å². The first kappa shape index (κ1) is 15.3. The van der Waals surface area contributed by atoms with Gasteiger partial charge in [-0.3, -0.25) is 0 Å². The summed E-state index contributed by atoms with van der Waals surface area (Å²) in [6, 6.07) is 5.71. The minimum Gasteiger partial charge on any atom is -0.550 e. The molecule has 1 heterocycles. The van der Waals surface area contributed by atoms with Crippen molar-refractivity contribution in [3.05, 3.63) is 23.8 Å². The molecule has 1 aromatic rings. The molecule has 6 heteroatoms. The Kier molecular flexibility index (Phi) is 6.49. The number of fused-ring (bicyclic) bond motifs is 1. The predicted molar refractivity (Wildman–Crippen MR) is 56.7 cm³/mol. The van der Waals surface area contributed by atoms with E-state index in [-0.39, 0.29) is 49.4 Å². The minimum atomic E-state index is -1.09. The molecule has 0 amide bonds. The van der Waals surface area contributed by atoms with E-state index in [1.54, 1.807) is 0 Å². The Labute approximate surface area is 127 Å². The van der Waals surface area contributed by atoms with Gasteiger partial charge in [-0.1, -0.05) is 6.07 Å². The maximum absolute atomic E-state index is 10.1. The number of carboxylic acid groups (broad SMARTS) is 1. The molecule has 0 aromatic heterocycles. The second-order valence-electron chi connectivity index (χ2n) is 3.67. The van der Waals surface area contributed by atoms with Crippen LogP contribution in [0.4, 0.5) is 0 Å². The van der Waals surface area contributed by atoms with Gasteiger partial charge >= 0.3 is 29.6 Å².